The lowest BCUT2D eigenvalue weighted by Gasteiger charge is -2.07. The molecule has 0 bridgehead atoms. The highest BCUT2D eigenvalue weighted by molar-refractivity contribution is 7.90. The van der Waals surface area contributed by atoms with Crippen LogP contribution in [0.3, 0.4) is 0 Å². The lowest BCUT2D eigenvalue weighted by Crippen LogP contribution is -2.34. The molecule has 6 nitrogen and oxygen atoms in total. The lowest BCUT2D eigenvalue weighted by molar-refractivity contribution is 0.569. The van der Waals surface area contributed by atoms with Gasteiger partial charge in [-0.3, -0.25) is 0 Å². The maximum Gasteiger partial charge on any atom is 0.211 e. The van der Waals surface area contributed by atoms with Crippen molar-refractivity contribution < 1.29 is 16.8 Å². The van der Waals surface area contributed by atoms with Crippen molar-refractivity contribution in [1.29, 1.82) is 0 Å². The minimum Gasteiger partial charge on any atom is -0.229 e. The van der Waals surface area contributed by atoms with Crippen LogP contribution in [0.5, 0.6) is 0 Å². The highest BCUT2D eigenvalue weighted by atomic mass is 32.2. The van der Waals surface area contributed by atoms with Crippen LogP contribution in [0, 0.1) is 5.92 Å². The van der Waals surface area contributed by atoms with Crippen molar-refractivity contribution in [3.63, 3.8) is 0 Å². The molecule has 0 amide bonds. The van der Waals surface area contributed by atoms with Crippen molar-refractivity contribution in [3.05, 3.63) is 0 Å². The zero-order chi connectivity index (χ0) is 11.4. The number of nitrogens with two attached hydrogens (primary N) is 1. The Morgan fingerprint density at radius 2 is 1.71 bits per heavy atom. The summed E-state index contributed by atoms with van der Waals surface area (Å²) in [7, 11) is -6.98. The van der Waals surface area contributed by atoms with Gasteiger partial charge in [-0.2, -0.15) is 0 Å². The number of hydrogen-bond acceptors (Lipinski definition) is 4. The molecule has 0 fully saturated rings. The topological polar surface area (TPSA) is 106 Å². The third-order valence-electron chi connectivity index (χ3n) is 1.26. The van der Waals surface area contributed by atoms with Gasteiger partial charge in [0.2, 0.25) is 20.0 Å². The first-order valence-electron chi connectivity index (χ1n) is 4.10. The Labute approximate surface area is 85.0 Å². The molecule has 0 aliphatic heterocycles. The molecule has 0 atom stereocenters. The number of rotatable bonds is 6. The lowest BCUT2D eigenvalue weighted by atomic mass is 10.3. The van der Waals surface area contributed by atoms with Gasteiger partial charge < -0.3 is 0 Å². The Balaban J connectivity index is 4.02. The zero-order valence-corrected chi connectivity index (χ0v) is 9.86. The van der Waals surface area contributed by atoms with Gasteiger partial charge in [-0.25, -0.2) is 26.7 Å². The van der Waals surface area contributed by atoms with E-state index in [0.29, 0.717) is 0 Å². The van der Waals surface area contributed by atoms with Gasteiger partial charge in [0.25, 0.3) is 0 Å². The molecule has 0 heterocycles. The summed E-state index contributed by atoms with van der Waals surface area (Å²) < 4.78 is 45.5. The minimum atomic E-state index is -3.60. The molecule has 3 N–H and O–H groups in total. The molecule has 0 rings (SSSR count). The second-order valence-corrected chi connectivity index (χ2v) is 7.02. The first kappa shape index (κ1) is 13.8. The van der Waals surface area contributed by atoms with E-state index in [1.807, 2.05) is 0 Å². The Morgan fingerprint density at radius 3 is 2.07 bits per heavy atom. The predicted molar refractivity (Wildman–Crippen MR) is 54.6 cm³/mol. The van der Waals surface area contributed by atoms with Crippen molar-refractivity contribution in [2.24, 2.45) is 11.1 Å². The van der Waals surface area contributed by atoms with E-state index in [4.69, 9.17) is 5.14 Å². The van der Waals surface area contributed by atoms with Crippen molar-refractivity contribution in [3.8, 4) is 0 Å². The van der Waals surface area contributed by atoms with Crippen LogP contribution in [0.2, 0.25) is 0 Å². The number of sulfonamides is 2. The highest BCUT2D eigenvalue weighted by Crippen LogP contribution is 1.96. The van der Waals surface area contributed by atoms with Gasteiger partial charge in [0.15, 0.2) is 0 Å². The molecular formula is C6H16N2O4S2. The summed E-state index contributed by atoms with van der Waals surface area (Å²) in [6, 6.07) is 0. The summed E-state index contributed by atoms with van der Waals surface area (Å²) in [5.74, 6) is -0.399. The van der Waals surface area contributed by atoms with Crippen LogP contribution < -0.4 is 9.86 Å². The van der Waals surface area contributed by atoms with Crippen molar-refractivity contribution >= 4 is 20.0 Å². The molecule has 86 valence electrons. The number of hydrogen-bond donors (Lipinski definition) is 2. The molecular weight excluding hydrogens is 228 g/mol. The molecule has 0 saturated heterocycles. The molecule has 0 aromatic carbocycles. The van der Waals surface area contributed by atoms with E-state index in [0.717, 1.165) is 0 Å². The molecule has 0 spiro atoms. The molecule has 8 heteroatoms. The second kappa shape index (κ2) is 5.06. The normalized spacial score (nSPS) is 13.4. The van der Waals surface area contributed by atoms with E-state index >= 15 is 0 Å². The molecule has 0 unspecified atom stereocenters. The average molecular weight is 244 g/mol. The van der Waals surface area contributed by atoms with Gasteiger partial charge in [-0.05, 0) is 5.92 Å². The van der Waals surface area contributed by atoms with E-state index in [1.165, 1.54) is 0 Å². The molecule has 0 radical (unpaired) electrons. The van der Waals surface area contributed by atoms with Crippen LogP contribution in [-0.4, -0.2) is 34.9 Å². The third kappa shape index (κ3) is 8.42. The van der Waals surface area contributed by atoms with Crippen LogP contribution in [0.25, 0.3) is 0 Å². The molecule has 0 aliphatic carbocycles. The van der Waals surface area contributed by atoms with E-state index < -0.39 is 20.0 Å². The maximum absolute atomic E-state index is 11.2. The predicted octanol–water partition coefficient (Wildman–Crippen LogP) is -1.15. The van der Waals surface area contributed by atoms with Gasteiger partial charge in [0, 0.05) is 6.54 Å². The van der Waals surface area contributed by atoms with E-state index in [1.54, 1.807) is 13.8 Å². The third-order valence-corrected chi connectivity index (χ3v) is 3.78. The molecule has 14 heavy (non-hydrogen) atoms. The Morgan fingerprint density at radius 1 is 1.21 bits per heavy atom. The van der Waals surface area contributed by atoms with Crippen LogP contribution >= 0.6 is 0 Å². The largest absolute Gasteiger partial charge is 0.229 e. The van der Waals surface area contributed by atoms with Gasteiger partial charge in [-0.1, -0.05) is 13.8 Å². The standard InChI is InChI=1S/C6H16N2O4S2/c1-6(2)5-14(11,12)8-3-4-13(7,9)10/h6,8H,3-5H2,1-2H3,(H2,7,9,10). The van der Waals surface area contributed by atoms with Crippen LogP contribution in [-0.2, 0) is 20.0 Å². The fraction of sp³-hybridized carbons (Fsp3) is 1.00. The fourth-order valence-electron chi connectivity index (χ4n) is 0.837. The van der Waals surface area contributed by atoms with E-state index in [9.17, 15) is 16.8 Å². The minimum absolute atomic E-state index is 0.00184. The van der Waals surface area contributed by atoms with Gasteiger partial charge in [-0.15, -0.1) is 0 Å². The zero-order valence-electron chi connectivity index (χ0n) is 8.23. The van der Waals surface area contributed by atoms with Crippen LogP contribution in [0.4, 0.5) is 0 Å². The summed E-state index contributed by atoms with van der Waals surface area (Å²) in [5.41, 5.74) is 0. The number of nitrogens with one attached hydrogen (secondary N) is 1. The van der Waals surface area contributed by atoms with Crippen LogP contribution in [0.1, 0.15) is 13.8 Å². The average Bonchev–Trinajstić information content (AvgIpc) is 1.78. The van der Waals surface area contributed by atoms with Crippen LogP contribution in [0.15, 0.2) is 0 Å². The van der Waals surface area contributed by atoms with Gasteiger partial charge in [0.05, 0.1) is 11.5 Å². The van der Waals surface area contributed by atoms with Gasteiger partial charge in [0.1, 0.15) is 0 Å². The summed E-state index contributed by atoms with van der Waals surface area (Å²) >= 11 is 0. The Hall–Kier alpha value is -0.180. The summed E-state index contributed by atoms with van der Waals surface area (Å²) in [4.78, 5) is 0. The fourth-order valence-corrected chi connectivity index (χ4v) is 2.76. The Kier molecular flexibility index (Phi) is 4.99. The van der Waals surface area contributed by atoms with E-state index in [-0.39, 0.29) is 24.0 Å². The molecule has 0 aromatic rings. The monoisotopic (exact) mass is 244 g/mol. The SMILES string of the molecule is CC(C)CS(=O)(=O)NCCS(N)(=O)=O. The Bertz CT molecular complexity index is 357. The molecule has 0 aromatic heterocycles. The van der Waals surface area contributed by atoms with Crippen molar-refractivity contribution in [2.75, 3.05) is 18.1 Å². The summed E-state index contributed by atoms with van der Waals surface area (Å²) in [5, 5.41) is 4.70. The second-order valence-electron chi connectivity index (χ2n) is 3.44. The molecule has 0 aliphatic rings. The maximum atomic E-state index is 11.2. The smallest absolute Gasteiger partial charge is 0.211 e. The van der Waals surface area contributed by atoms with Gasteiger partial charge >= 0.3 is 0 Å². The summed E-state index contributed by atoms with van der Waals surface area (Å²) in [6.07, 6.45) is 0. The molecule has 0 saturated carbocycles. The number of primary sulfonamides is 1. The van der Waals surface area contributed by atoms with Crippen molar-refractivity contribution in [1.82, 2.24) is 4.72 Å². The summed E-state index contributed by atoms with van der Waals surface area (Å²) in [6.45, 7) is 3.35. The van der Waals surface area contributed by atoms with E-state index in [2.05, 4.69) is 4.72 Å². The highest BCUT2D eigenvalue weighted by Gasteiger charge is 2.13. The quantitative estimate of drug-likeness (QED) is 0.615. The van der Waals surface area contributed by atoms with Crippen molar-refractivity contribution in [2.45, 2.75) is 13.8 Å². The first-order chi connectivity index (χ1) is 6.12. The first-order valence-corrected chi connectivity index (χ1v) is 7.47.